The minimum absolute atomic E-state index is 0.595. The van der Waals surface area contributed by atoms with E-state index in [-0.39, 0.29) is 0 Å². The first-order valence-electron chi connectivity index (χ1n) is 4.08. The van der Waals surface area contributed by atoms with Gasteiger partial charge in [-0.25, -0.2) is 0 Å². The molecule has 4 nitrogen and oxygen atoms in total. The lowest BCUT2D eigenvalue weighted by Crippen LogP contribution is -2.22. The lowest BCUT2D eigenvalue weighted by atomic mass is 10.0. The number of aryl methyl sites for hydroxylation is 1. The highest BCUT2D eigenvalue weighted by Crippen LogP contribution is 2.15. The number of hydrogen-bond donors (Lipinski definition) is 2. The van der Waals surface area contributed by atoms with Gasteiger partial charge in [0.1, 0.15) is 6.04 Å². The van der Waals surface area contributed by atoms with Crippen LogP contribution in [0.25, 0.3) is 0 Å². The summed E-state index contributed by atoms with van der Waals surface area (Å²) >= 11 is 0. The van der Waals surface area contributed by atoms with Gasteiger partial charge in [-0.05, 0) is 18.1 Å². The Balaban J connectivity index is 3.05. The second-order valence-corrected chi connectivity index (χ2v) is 2.74. The van der Waals surface area contributed by atoms with Gasteiger partial charge in [0.25, 0.3) is 0 Å². The van der Waals surface area contributed by atoms with Crippen LogP contribution in [-0.2, 0) is 11.2 Å². The lowest BCUT2D eigenvalue weighted by Gasteiger charge is -2.10. The van der Waals surface area contributed by atoms with Gasteiger partial charge in [-0.3, -0.25) is 9.78 Å². The fraction of sp³-hybridized carbons (Fsp3) is 0.333. The molecule has 4 heteroatoms. The highest BCUT2D eigenvalue weighted by atomic mass is 16.4. The van der Waals surface area contributed by atoms with Crippen molar-refractivity contribution in [3.05, 3.63) is 29.6 Å². The Bertz CT molecular complexity index is 312. The molecule has 3 N–H and O–H groups in total. The zero-order valence-electron chi connectivity index (χ0n) is 7.40. The largest absolute Gasteiger partial charge is 0.480 e. The number of aliphatic carboxylic acids is 1. The number of carbonyl (C=O) groups is 1. The normalized spacial score (nSPS) is 12.5. The van der Waals surface area contributed by atoms with Gasteiger partial charge in [0.15, 0.2) is 0 Å². The van der Waals surface area contributed by atoms with Crippen LogP contribution in [0.3, 0.4) is 0 Å². The van der Waals surface area contributed by atoms with E-state index in [1.807, 2.05) is 6.92 Å². The van der Waals surface area contributed by atoms with Gasteiger partial charge in [-0.15, -0.1) is 0 Å². The smallest absolute Gasteiger partial charge is 0.325 e. The van der Waals surface area contributed by atoms with Crippen LogP contribution in [0.5, 0.6) is 0 Å². The summed E-state index contributed by atoms with van der Waals surface area (Å²) in [6.07, 6.45) is 3.91. The summed E-state index contributed by atoms with van der Waals surface area (Å²) in [4.78, 5) is 14.5. The fourth-order valence-electron chi connectivity index (χ4n) is 1.17. The number of nitrogens with zero attached hydrogens (tertiary/aromatic N) is 1. The summed E-state index contributed by atoms with van der Waals surface area (Å²) in [7, 11) is 0. The van der Waals surface area contributed by atoms with Gasteiger partial charge in [0.2, 0.25) is 0 Å². The van der Waals surface area contributed by atoms with Crippen molar-refractivity contribution < 1.29 is 9.90 Å². The van der Waals surface area contributed by atoms with Crippen molar-refractivity contribution in [2.75, 3.05) is 0 Å². The van der Waals surface area contributed by atoms with E-state index < -0.39 is 12.0 Å². The van der Waals surface area contributed by atoms with E-state index in [4.69, 9.17) is 10.8 Å². The second kappa shape index (κ2) is 4.00. The molecule has 0 aliphatic rings. The molecule has 0 bridgehead atoms. The van der Waals surface area contributed by atoms with Gasteiger partial charge in [-0.1, -0.05) is 6.92 Å². The van der Waals surface area contributed by atoms with Crippen molar-refractivity contribution in [2.45, 2.75) is 19.4 Å². The molecular formula is C9H12N2O2. The first kappa shape index (κ1) is 9.67. The zero-order valence-corrected chi connectivity index (χ0v) is 7.40. The first-order valence-corrected chi connectivity index (χ1v) is 4.08. The number of hydrogen-bond acceptors (Lipinski definition) is 3. The summed E-state index contributed by atoms with van der Waals surface area (Å²) in [5, 5.41) is 8.70. The summed E-state index contributed by atoms with van der Waals surface area (Å²) in [5.41, 5.74) is 7.00. The van der Waals surface area contributed by atoms with Crippen LogP contribution in [0.2, 0.25) is 0 Å². The maximum Gasteiger partial charge on any atom is 0.325 e. The Morgan fingerprint density at radius 3 is 3.00 bits per heavy atom. The van der Waals surface area contributed by atoms with Gasteiger partial charge in [0, 0.05) is 18.0 Å². The SMILES string of the molecule is CCc1ccncc1[C@H](N)C(=O)O. The zero-order chi connectivity index (χ0) is 9.84. The Hall–Kier alpha value is -1.42. The van der Waals surface area contributed by atoms with Crippen molar-refractivity contribution in [1.29, 1.82) is 0 Å². The molecule has 1 atom stereocenters. The van der Waals surface area contributed by atoms with Gasteiger partial charge in [0.05, 0.1) is 0 Å². The Morgan fingerprint density at radius 2 is 2.46 bits per heavy atom. The van der Waals surface area contributed by atoms with Gasteiger partial charge >= 0.3 is 5.97 Å². The molecule has 0 radical (unpaired) electrons. The maximum absolute atomic E-state index is 10.6. The lowest BCUT2D eigenvalue weighted by molar-refractivity contribution is -0.138. The molecule has 0 aromatic carbocycles. The van der Waals surface area contributed by atoms with Crippen LogP contribution in [0, 0.1) is 0 Å². The molecular weight excluding hydrogens is 168 g/mol. The van der Waals surface area contributed by atoms with E-state index in [1.165, 1.54) is 6.20 Å². The predicted molar refractivity (Wildman–Crippen MR) is 48.2 cm³/mol. The number of pyridine rings is 1. The van der Waals surface area contributed by atoms with Crippen LogP contribution >= 0.6 is 0 Å². The van der Waals surface area contributed by atoms with Crippen molar-refractivity contribution >= 4 is 5.97 Å². The minimum atomic E-state index is -1.03. The third kappa shape index (κ3) is 2.03. The number of nitrogens with two attached hydrogens (primary N) is 1. The third-order valence-corrected chi connectivity index (χ3v) is 1.93. The standard InChI is InChI=1S/C9H12N2O2/c1-2-6-3-4-11-5-7(6)8(10)9(12)13/h3-5,8H,2,10H2,1H3,(H,12,13)/t8-/m0/s1. The Labute approximate surface area is 76.4 Å². The fourth-order valence-corrected chi connectivity index (χ4v) is 1.17. The molecule has 0 saturated carbocycles. The van der Waals surface area contributed by atoms with Crippen LogP contribution in [-0.4, -0.2) is 16.1 Å². The number of carboxylic acids is 1. The topological polar surface area (TPSA) is 76.2 Å². The molecule has 0 unspecified atom stereocenters. The molecule has 1 heterocycles. The first-order chi connectivity index (χ1) is 6.16. The number of rotatable bonds is 3. The second-order valence-electron chi connectivity index (χ2n) is 2.74. The molecule has 70 valence electrons. The van der Waals surface area contributed by atoms with Crippen molar-refractivity contribution in [3.8, 4) is 0 Å². The van der Waals surface area contributed by atoms with Gasteiger partial charge in [-0.2, -0.15) is 0 Å². The summed E-state index contributed by atoms with van der Waals surface area (Å²) in [5.74, 6) is -1.03. The molecule has 0 amide bonds. The summed E-state index contributed by atoms with van der Waals surface area (Å²) in [6, 6.07) is 0.821. The van der Waals surface area contributed by atoms with Crippen LogP contribution in [0.15, 0.2) is 18.5 Å². The Kier molecular flexibility index (Phi) is 2.97. The molecule has 0 spiro atoms. The molecule has 1 rings (SSSR count). The number of aromatic nitrogens is 1. The van der Waals surface area contributed by atoms with Crippen molar-refractivity contribution in [2.24, 2.45) is 5.73 Å². The van der Waals surface area contributed by atoms with Crippen LogP contribution < -0.4 is 5.73 Å². The van der Waals surface area contributed by atoms with Crippen molar-refractivity contribution in [1.82, 2.24) is 4.98 Å². The quantitative estimate of drug-likeness (QED) is 0.718. The van der Waals surface area contributed by atoms with E-state index in [2.05, 4.69) is 4.98 Å². The molecule has 1 aromatic rings. The molecule has 1 aromatic heterocycles. The predicted octanol–water partition coefficient (Wildman–Crippen LogP) is 0.728. The number of carboxylic acid groups (broad SMARTS) is 1. The molecule has 0 aliphatic heterocycles. The monoisotopic (exact) mass is 180 g/mol. The van der Waals surface area contributed by atoms with E-state index in [9.17, 15) is 4.79 Å². The van der Waals surface area contributed by atoms with Crippen LogP contribution in [0.4, 0.5) is 0 Å². The van der Waals surface area contributed by atoms with Gasteiger partial charge < -0.3 is 10.8 Å². The summed E-state index contributed by atoms with van der Waals surface area (Å²) < 4.78 is 0. The molecule has 0 fully saturated rings. The summed E-state index contributed by atoms with van der Waals surface area (Å²) in [6.45, 7) is 1.95. The molecule has 0 saturated heterocycles. The minimum Gasteiger partial charge on any atom is -0.480 e. The molecule has 13 heavy (non-hydrogen) atoms. The van der Waals surface area contributed by atoms with Crippen molar-refractivity contribution in [3.63, 3.8) is 0 Å². The highest BCUT2D eigenvalue weighted by molar-refractivity contribution is 5.75. The van der Waals surface area contributed by atoms with E-state index in [1.54, 1.807) is 12.3 Å². The van der Waals surface area contributed by atoms with E-state index in [0.717, 1.165) is 12.0 Å². The van der Waals surface area contributed by atoms with E-state index in [0.29, 0.717) is 5.56 Å². The maximum atomic E-state index is 10.6. The Morgan fingerprint density at radius 1 is 1.77 bits per heavy atom. The average molecular weight is 180 g/mol. The van der Waals surface area contributed by atoms with E-state index >= 15 is 0 Å². The average Bonchev–Trinajstić information content (AvgIpc) is 2.16. The van der Waals surface area contributed by atoms with Crippen LogP contribution in [0.1, 0.15) is 24.1 Å². The third-order valence-electron chi connectivity index (χ3n) is 1.93. The highest BCUT2D eigenvalue weighted by Gasteiger charge is 2.16. The molecule has 0 aliphatic carbocycles.